The number of nitrogens with one attached hydrogen (secondary N) is 2. The van der Waals surface area contributed by atoms with Crippen LogP contribution in [0.25, 0.3) is 0 Å². The molecule has 0 spiro atoms. The quantitative estimate of drug-likeness (QED) is 0.490. The van der Waals surface area contributed by atoms with Crippen molar-refractivity contribution in [1.29, 1.82) is 0 Å². The van der Waals surface area contributed by atoms with Crippen molar-refractivity contribution < 1.29 is 9.59 Å². The Morgan fingerprint density at radius 1 is 0.667 bits per heavy atom. The molecule has 8 nitrogen and oxygen atoms in total. The lowest BCUT2D eigenvalue weighted by molar-refractivity contribution is 0.0946. The Balaban J connectivity index is 1.62. The van der Waals surface area contributed by atoms with Gasteiger partial charge in [0.1, 0.15) is 0 Å². The molecule has 8 heteroatoms. The fraction of sp³-hybridized carbons (Fsp3) is 0.0909. The summed E-state index contributed by atoms with van der Waals surface area (Å²) in [6, 6.07) is 14.2. The molecule has 30 heavy (non-hydrogen) atoms. The minimum atomic E-state index is -0.327. The van der Waals surface area contributed by atoms with E-state index in [9.17, 15) is 9.59 Å². The van der Waals surface area contributed by atoms with E-state index < -0.39 is 0 Å². The number of amides is 2. The van der Waals surface area contributed by atoms with Crippen LogP contribution in [0.1, 0.15) is 45.7 Å². The van der Waals surface area contributed by atoms with E-state index in [1.165, 1.54) is 12.4 Å². The Hall–Kier alpha value is -4.20. The molecule has 2 aromatic heterocycles. The Morgan fingerprint density at radius 3 is 1.40 bits per heavy atom. The largest absolute Gasteiger partial charge is 0.272 e. The number of hydrazone groups is 2. The van der Waals surface area contributed by atoms with E-state index in [4.69, 9.17) is 0 Å². The number of aromatic nitrogens is 2. The molecule has 0 saturated heterocycles. The maximum atomic E-state index is 12.0. The lowest BCUT2D eigenvalue weighted by Gasteiger charge is -2.06. The Labute approximate surface area is 173 Å². The smallest absolute Gasteiger partial charge is 0.267 e. The maximum Gasteiger partial charge on any atom is 0.272 e. The average molecular weight is 400 g/mol. The Bertz CT molecular complexity index is 989. The molecule has 2 amide bonds. The van der Waals surface area contributed by atoms with Gasteiger partial charge in [-0.25, -0.2) is 10.9 Å². The van der Waals surface area contributed by atoms with Crippen LogP contribution >= 0.6 is 0 Å². The summed E-state index contributed by atoms with van der Waals surface area (Å²) in [7, 11) is 0. The summed E-state index contributed by atoms with van der Waals surface area (Å²) in [4.78, 5) is 31.9. The van der Waals surface area contributed by atoms with Crippen LogP contribution in [0.2, 0.25) is 0 Å². The first-order chi connectivity index (χ1) is 14.5. The second-order valence-corrected chi connectivity index (χ2v) is 6.34. The van der Waals surface area contributed by atoms with E-state index in [-0.39, 0.29) is 11.8 Å². The SMILES string of the molecule is C/C(=N/NC(=O)c1cccnc1)c1ccc(/C(C)=N\NC(=O)c2cccnc2)cc1. The fourth-order valence-electron chi connectivity index (χ4n) is 2.47. The molecule has 3 rings (SSSR count). The fourth-order valence-corrected chi connectivity index (χ4v) is 2.47. The summed E-state index contributed by atoms with van der Waals surface area (Å²) < 4.78 is 0. The predicted molar refractivity (Wildman–Crippen MR) is 114 cm³/mol. The number of nitrogens with zero attached hydrogens (tertiary/aromatic N) is 4. The molecular formula is C22H20N6O2. The lowest BCUT2D eigenvalue weighted by atomic mass is 10.1. The summed E-state index contributed by atoms with van der Waals surface area (Å²) in [5.41, 5.74) is 8.89. The van der Waals surface area contributed by atoms with Crippen LogP contribution in [0, 0.1) is 0 Å². The number of pyridine rings is 2. The van der Waals surface area contributed by atoms with Crippen molar-refractivity contribution in [3.8, 4) is 0 Å². The van der Waals surface area contributed by atoms with Crippen molar-refractivity contribution in [3.63, 3.8) is 0 Å². The van der Waals surface area contributed by atoms with Gasteiger partial charge in [0.25, 0.3) is 11.8 Å². The van der Waals surface area contributed by atoms with Gasteiger partial charge >= 0.3 is 0 Å². The van der Waals surface area contributed by atoms with Gasteiger partial charge in [-0.1, -0.05) is 24.3 Å². The van der Waals surface area contributed by atoms with Crippen molar-refractivity contribution in [1.82, 2.24) is 20.8 Å². The second-order valence-electron chi connectivity index (χ2n) is 6.34. The van der Waals surface area contributed by atoms with Crippen LogP contribution in [0.3, 0.4) is 0 Å². The van der Waals surface area contributed by atoms with Gasteiger partial charge in [-0.2, -0.15) is 10.2 Å². The van der Waals surface area contributed by atoms with Crippen LogP contribution in [-0.4, -0.2) is 33.2 Å². The number of benzene rings is 1. The van der Waals surface area contributed by atoms with Crippen LogP contribution in [-0.2, 0) is 0 Å². The molecule has 0 aliphatic carbocycles. The summed E-state index contributed by atoms with van der Waals surface area (Å²) in [5.74, 6) is -0.655. The zero-order valence-electron chi connectivity index (χ0n) is 16.5. The highest BCUT2D eigenvalue weighted by atomic mass is 16.2. The van der Waals surface area contributed by atoms with Crippen molar-refractivity contribution in [3.05, 3.63) is 95.6 Å². The van der Waals surface area contributed by atoms with Crippen LogP contribution < -0.4 is 10.9 Å². The predicted octanol–water partition coefficient (Wildman–Crippen LogP) is 2.78. The monoisotopic (exact) mass is 400 g/mol. The van der Waals surface area contributed by atoms with Crippen LogP contribution in [0.4, 0.5) is 0 Å². The highest BCUT2D eigenvalue weighted by Gasteiger charge is 2.06. The Kier molecular flexibility index (Phi) is 6.73. The normalized spacial score (nSPS) is 11.7. The minimum absolute atomic E-state index is 0.327. The lowest BCUT2D eigenvalue weighted by Crippen LogP contribution is -2.19. The number of hydrogen-bond donors (Lipinski definition) is 2. The first-order valence-corrected chi connectivity index (χ1v) is 9.14. The maximum absolute atomic E-state index is 12.0. The summed E-state index contributed by atoms with van der Waals surface area (Å²) in [5, 5.41) is 8.27. The van der Waals surface area contributed by atoms with Gasteiger partial charge in [0, 0.05) is 24.8 Å². The van der Waals surface area contributed by atoms with Gasteiger partial charge in [-0.05, 0) is 49.2 Å². The summed E-state index contributed by atoms with van der Waals surface area (Å²) in [6.07, 6.45) is 6.15. The molecule has 2 heterocycles. The van der Waals surface area contributed by atoms with Crippen LogP contribution in [0.5, 0.6) is 0 Å². The molecule has 150 valence electrons. The van der Waals surface area contributed by atoms with Crippen LogP contribution in [0.15, 0.2) is 83.5 Å². The average Bonchev–Trinajstić information content (AvgIpc) is 2.81. The van der Waals surface area contributed by atoms with E-state index >= 15 is 0 Å². The number of hydrogen-bond acceptors (Lipinski definition) is 6. The molecule has 3 aromatic rings. The van der Waals surface area contributed by atoms with E-state index in [2.05, 4.69) is 31.0 Å². The Morgan fingerprint density at radius 2 is 1.07 bits per heavy atom. The van der Waals surface area contributed by atoms with Crippen molar-refractivity contribution >= 4 is 23.2 Å². The molecular weight excluding hydrogens is 380 g/mol. The van der Waals surface area contributed by atoms with E-state index in [0.29, 0.717) is 22.6 Å². The molecule has 0 bridgehead atoms. The first-order valence-electron chi connectivity index (χ1n) is 9.14. The molecule has 0 fully saturated rings. The van der Waals surface area contributed by atoms with Crippen molar-refractivity contribution in [2.45, 2.75) is 13.8 Å². The zero-order valence-corrected chi connectivity index (χ0v) is 16.5. The molecule has 2 N–H and O–H groups in total. The van der Waals surface area contributed by atoms with Gasteiger partial charge in [0.05, 0.1) is 22.6 Å². The van der Waals surface area contributed by atoms with Crippen molar-refractivity contribution in [2.75, 3.05) is 0 Å². The second kappa shape index (κ2) is 9.83. The standard InChI is InChI=1S/C22H20N6O2/c1-15(25-27-21(29)19-5-3-11-23-13-19)17-7-9-18(10-8-17)16(2)26-28-22(30)20-6-4-12-24-14-20/h3-14H,1-2H3,(H,27,29)(H,28,30)/b25-15-,26-16-. The highest BCUT2D eigenvalue weighted by molar-refractivity contribution is 6.03. The number of carbonyl (C=O) groups is 2. The number of carbonyl (C=O) groups excluding carboxylic acids is 2. The first kappa shape index (κ1) is 20.5. The van der Waals surface area contributed by atoms with E-state index in [1.807, 2.05) is 24.3 Å². The van der Waals surface area contributed by atoms with Gasteiger partial charge < -0.3 is 0 Å². The third-order valence-electron chi connectivity index (χ3n) is 4.22. The number of rotatable bonds is 6. The summed E-state index contributed by atoms with van der Waals surface area (Å²) >= 11 is 0. The molecule has 0 atom stereocenters. The molecule has 0 unspecified atom stereocenters. The van der Waals surface area contributed by atoms with Gasteiger partial charge in [0.2, 0.25) is 0 Å². The van der Waals surface area contributed by atoms with Gasteiger partial charge in [-0.3, -0.25) is 19.6 Å². The van der Waals surface area contributed by atoms with E-state index in [1.54, 1.807) is 50.5 Å². The topological polar surface area (TPSA) is 109 Å². The molecule has 0 aliphatic heterocycles. The molecule has 0 saturated carbocycles. The van der Waals surface area contributed by atoms with Gasteiger partial charge in [0.15, 0.2) is 0 Å². The van der Waals surface area contributed by atoms with Gasteiger partial charge in [-0.15, -0.1) is 0 Å². The zero-order chi connectivity index (χ0) is 21.3. The molecule has 0 radical (unpaired) electrons. The molecule has 1 aromatic carbocycles. The molecule has 0 aliphatic rings. The van der Waals surface area contributed by atoms with E-state index in [0.717, 1.165) is 11.1 Å². The summed E-state index contributed by atoms with van der Waals surface area (Å²) in [6.45, 7) is 3.60. The van der Waals surface area contributed by atoms with Crippen molar-refractivity contribution in [2.24, 2.45) is 10.2 Å². The third-order valence-corrected chi connectivity index (χ3v) is 4.22. The minimum Gasteiger partial charge on any atom is -0.267 e. The highest BCUT2D eigenvalue weighted by Crippen LogP contribution is 2.07. The third kappa shape index (κ3) is 5.41.